The summed E-state index contributed by atoms with van der Waals surface area (Å²) in [6.45, 7) is 6.99. The fourth-order valence-electron chi connectivity index (χ4n) is 3.72. The van der Waals surface area contributed by atoms with Gasteiger partial charge in [0.2, 0.25) is 5.88 Å². The van der Waals surface area contributed by atoms with Crippen molar-refractivity contribution in [2.45, 2.75) is 45.6 Å². The van der Waals surface area contributed by atoms with Crippen LogP contribution in [-0.4, -0.2) is 80.9 Å². The third-order valence-corrected chi connectivity index (χ3v) is 5.60. The number of hydrogen-bond acceptors (Lipinski definition) is 7. The van der Waals surface area contributed by atoms with Gasteiger partial charge in [0.15, 0.2) is 0 Å². The Bertz CT molecular complexity index is 1000. The van der Waals surface area contributed by atoms with E-state index < -0.39 is 6.10 Å². The molecule has 0 saturated carbocycles. The average molecular weight is 453 g/mol. The molecule has 0 unspecified atom stereocenters. The average Bonchev–Trinajstić information content (AvgIpc) is 2.80. The normalized spacial score (nSPS) is 20.1. The van der Waals surface area contributed by atoms with Crippen LogP contribution in [0.2, 0.25) is 0 Å². The number of aliphatic hydroxyl groups is 2. The largest absolute Gasteiger partial charge is 0.472 e. The van der Waals surface area contributed by atoms with Crippen molar-refractivity contribution in [1.82, 2.24) is 19.8 Å². The Labute approximate surface area is 195 Å². The molecule has 1 aliphatic rings. The van der Waals surface area contributed by atoms with E-state index in [1.807, 2.05) is 39.1 Å². The summed E-state index contributed by atoms with van der Waals surface area (Å²) in [5, 5.41) is 19.2. The molecule has 8 heteroatoms. The third kappa shape index (κ3) is 6.51. The molecule has 2 aromatic rings. The first-order valence-electron chi connectivity index (χ1n) is 11.1. The van der Waals surface area contributed by atoms with Crippen LogP contribution in [0.15, 0.2) is 36.7 Å². The molecule has 0 aromatic carbocycles. The van der Waals surface area contributed by atoms with Gasteiger partial charge in [-0.25, -0.2) is 4.98 Å². The van der Waals surface area contributed by atoms with E-state index in [0.717, 1.165) is 5.69 Å². The van der Waals surface area contributed by atoms with Gasteiger partial charge in [-0.05, 0) is 39.1 Å². The van der Waals surface area contributed by atoms with Crippen molar-refractivity contribution in [3.63, 3.8) is 0 Å². The number of amides is 1. The van der Waals surface area contributed by atoms with Crippen LogP contribution in [0.5, 0.6) is 5.88 Å². The summed E-state index contributed by atoms with van der Waals surface area (Å²) in [4.78, 5) is 26.0. The lowest BCUT2D eigenvalue weighted by molar-refractivity contribution is 0.0324. The summed E-state index contributed by atoms with van der Waals surface area (Å²) in [6, 6.07) is 7.12. The standard InChI is InChI=1S/C25H32N4O4/c1-17-13-29(18(2)16-30)25(32)22-11-20(9-8-19(3)31)12-27-24(22)33-23(17)15-28(4)14-21-7-5-6-10-26-21/h5-7,10-12,17-19,23,30-31H,13-16H2,1-4H3/t17-,18-,19+,23-/m1/s1. The van der Waals surface area contributed by atoms with Crippen molar-refractivity contribution in [3.8, 4) is 17.7 Å². The van der Waals surface area contributed by atoms with Crippen LogP contribution in [0, 0.1) is 17.8 Å². The Morgan fingerprint density at radius 3 is 2.79 bits per heavy atom. The number of carbonyl (C=O) groups is 1. The van der Waals surface area contributed by atoms with Gasteiger partial charge in [-0.15, -0.1) is 0 Å². The van der Waals surface area contributed by atoms with Crippen molar-refractivity contribution in [2.75, 3.05) is 26.7 Å². The topological polar surface area (TPSA) is 99.0 Å². The quantitative estimate of drug-likeness (QED) is 0.642. The number of fused-ring (bicyclic) bond motifs is 1. The maximum atomic E-state index is 13.4. The third-order valence-electron chi connectivity index (χ3n) is 5.60. The minimum absolute atomic E-state index is 0.00112. The minimum atomic E-state index is -0.787. The first-order valence-corrected chi connectivity index (χ1v) is 11.1. The van der Waals surface area contributed by atoms with Crippen LogP contribution in [0.4, 0.5) is 0 Å². The highest BCUT2D eigenvalue weighted by Crippen LogP contribution is 2.27. The summed E-state index contributed by atoms with van der Waals surface area (Å²) in [7, 11) is 2.01. The van der Waals surface area contributed by atoms with Gasteiger partial charge >= 0.3 is 0 Å². The van der Waals surface area contributed by atoms with E-state index in [0.29, 0.717) is 30.8 Å². The molecule has 1 aliphatic heterocycles. The lowest BCUT2D eigenvalue weighted by atomic mass is 10.00. The van der Waals surface area contributed by atoms with E-state index in [1.54, 1.807) is 30.3 Å². The van der Waals surface area contributed by atoms with E-state index in [9.17, 15) is 15.0 Å². The maximum Gasteiger partial charge on any atom is 0.259 e. The number of nitrogens with zero attached hydrogens (tertiary/aromatic N) is 4. The van der Waals surface area contributed by atoms with Crippen molar-refractivity contribution < 1.29 is 19.7 Å². The molecule has 0 radical (unpaired) electrons. The lowest BCUT2D eigenvalue weighted by Crippen LogP contribution is -2.49. The molecule has 0 bridgehead atoms. The van der Waals surface area contributed by atoms with Gasteiger partial charge in [0.05, 0.1) is 18.3 Å². The Morgan fingerprint density at radius 2 is 2.12 bits per heavy atom. The molecule has 1 amide bonds. The first-order chi connectivity index (χ1) is 15.8. The summed E-state index contributed by atoms with van der Waals surface area (Å²) in [5.74, 6) is 5.50. The highest BCUT2D eigenvalue weighted by Gasteiger charge is 2.34. The monoisotopic (exact) mass is 452 g/mol. The zero-order valence-electron chi connectivity index (χ0n) is 19.6. The number of likely N-dealkylation sites (N-methyl/N-ethyl adjacent to an activating group) is 1. The highest BCUT2D eigenvalue weighted by atomic mass is 16.5. The molecular formula is C25H32N4O4. The van der Waals surface area contributed by atoms with E-state index >= 15 is 0 Å². The minimum Gasteiger partial charge on any atom is -0.472 e. The second-order valence-corrected chi connectivity index (χ2v) is 8.66. The fraction of sp³-hybridized carbons (Fsp3) is 0.480. The molecule has 0 spiro atoms. The van der Waals surface area contributed by atoms with Crippen molar-refractivity contribution >= 4 is 5.91 Å². The van der Waals surface area contributed by atoms with E-state index in [1.165, 1.54) is 0 Å². The Morgan fingerprint density at radius 1 is 1.33 bits per heavy atom. The van der Waals surface area contributed by atoms with Gasteiger partial charge in [-0.3, -0.25) is 14.7 Å². The molecule has 0 aliphatic carbocycles. The van der Waals surface area contributed by atoms with Crippen LogP contribution in [-0.2, 0) is 6.54 Å². The Hall–Kier alpha value is -2.99. The smallest absolute Gasteiger partial charge is 0.259 e. The van der Waals surface area contributed by atoms with Crippen molar-refractivity contribution in [1.29, 1.82) is 0 Å². The number of rotatable bonds is 6. The lowest BCUT2D eigenvalue weighted by Gasteiger charge is -2.37. The molecule has 0 saturated heterocycles. The zero-order valence-corrected chi connectivity index (χ0v) is 19.6. The number of aliphatic hydroxyl groups excluding tert-OH is 2. The number of carbonyl (C=O) groups excluding carboxylic acids is 1. The van der Waals surface area contributed by atoms with E-state index in [4.69, 9.17) is 4.74 Å². The summed E-state index contributed by atoms with van der Waals surface area (Å²) in [5.41, 5.74) is 1.78. The second-order valence-electron chi connectivity index (χ2n) is 8.66. The molecule has 0 fully saturated rings. The molecule has 2 N–H and O–H groups in total. The molecule has 8 nitrogen and oxygen atoms in total. The van der Waals surface area contributed by atoms with Gasteiger partial charge in [0, 0.05) is 43.5 Å². The van der Waals surface area contributed by atoms with E-state index in [2.05, 4.69) is 26.7 Å². The summed E-state index contributed by atoms with van der Waals surface area (Å²) < 4.78 is 6.29. The zero-order chi connectivity index (χ0) is 24.0. The second kappa shape index (κ2) is 11.2. The SMILES string of the molecule is C[C@H](O)C#Cc1cnc2c(c1)C(=O)N([C@H](C)CO)C[C@@H](C)[C@@H](CN(C)Cc1ccccn1)O2. The Kier molecular flexibility index (Phi) is 8.39. The van der Waals surface area contributed by atoms with Gasteiger partial charge in [0.1, 0.15) is 17.8 Å². The van der Waals surface area contributed by atoms with Crippen LogP contribution >= 0.6 is 0 Å². The van der Waals surface area contributed by atoms with Crippen molar-refractivity contribution in [2.24, 2.45) is 5.92 Å². The summed E-state index contributed by atoms with van der Waals surface area (Å²) >= 11 is 0. The number of hydrogen-bond donors (Lipinski definition) is 2. The predicted molar refractivity (Wildman–Crippen MR) is 125 cm³/mol. The predicted octanol–water partition coefficient (Wildman–Crippen LogP) is 1.56. The highest BCUT2D eigenvalue weighted by molar-refractivity contribution is 5.97. The molecule has 3 heterocycles. The van der Waals surface area contributed by atoms with Crippen molar-refractivity contribution in [3.05, 3.63) is 53.5 Å². The van der Waals surface area contributed by atoms with Crippen LogP contribution < -0.4 is 4.74 Å². The van der Waals surface area contributed by atoms with Crippen LogP contribution in [0.25, 0.3) is 0 Å². The van der Waals surface area contributed by atoms with Crippen LogP contribution in [0.3, 0.4) is 0 Å². The van der Waals surface area contributed by atoms with Gasteiger partial charge in [-0.1, -0.05) is 24.8 Å². The molecule has 4 atom stereocenters. The number of ether oxygens (including phenoxy) is 1. The molecule has 2 aromatic heterocycles. The number of aromatic nitrogens is 2. The molecular weight excluding hydrogens is 420 g/mol. The first kappa shape index (κ1) is 24.6. The Balaban J connectivity index is 1.91. The van der Waals surface area contributed by atoms with E-state index in [-0.39, 0.29) is 36.5 Å². The molecule has 3 rings (SSSR count). The van der Waals surface area contributed by atoms with Gasteiger partial charge in [0.25, 0.3) is 5.91 Å². The fourth-order valence-corrected chi connectivity index (χ4v) is 3.72. The van der Waals surface area contributed by atoms with Crippen LogP contribution in [0.1, 0.15) is 42.4 Å². The van der Waals surface area contributed by atoms with Gasteiger partial charge < -0.3 is 19.8 Å². The molecule has 33 heavy (non-hydrogen) atoms. The maximum absolute atomic E-state index is 13.4. The van der Waals surface area contributed by atoms with Gasteiger partial charge in [-0.2, -0.15) is 0 Å². The number of pyridine rings is 2. The molecule has 176 valence electrons. The summed E-state index contributed by atoms with van der Waals surface area (Å²) in [6.07, 6.45) is 2.30.